The van der Waals surface area contributed by atoms with Gasteiger partial charge in [0.25, 0.3) is 0 Å². The van der Waals surface area contributed by atoms with E-state index in [0.29, 0.717) is 50.5 Å². The molecule has 0 bridgehead atoms. The number of hydrogen-bond acceptors (Lipinski definition) is 6. The molecule has 3 rings (SSSR count). The quantitative estimate of drug-likeness (QED) is 0.746. The molecule has 144 valence electrons. The molecule has 1 atom stereocenters. The summed E-state index contributed by atoms with van der Waals surface area (Å²) in [5.41, 5.74) is 6.02. The summed E-state index contributed by atoms with van der Waals surface area (Å²) in [5, 5.41) is 8.75. The van der Waals surface area contributed by atoms with Crippen molar-refractivity contribution in [3.05, 3.63) is 24.0 Å². The van der Waals surface area contributed by atoms with Crippen molar-refractivity contribution in [1.82, 2.24) is 4.90 Å². The molecule has 0 aliphatic carbocycles. The number of anilines is 2. The molecule has 1 aromatic rings. The fourth-order valence-corrected chi connectivity index (χ4v) is 3.35. The van der Waals surface area contributed by atoms with Crippen LogP contribution in [0, 0.1) is 17.1 Å². The maximum absolute atomic E-state index is 14.7. The van der Waals surface area contributed by atoms with Gasteiger partial charge in [-0.15, -0.1) is 0 Å². The van der Waals surface area contributed by atoms with Gasteiger partial charge in [-0.2, -0.15) is 5.26 Å². The molecular formula is C18H22FN5O3. The molecule has 0 spiro atoms. The van der Waals surface area contributed by atoms with E-state index in [9.17, 15) is 14.0 Å². The highest BCUT2D eigenvalue weighted by Gasteiger charge is 2.33. The van der Waals surface area contributed by atoms with Gasteiger partial charge in [0.1, 0.15) is 11.9 Å². The highest BCUT2D eigenvalue weighted by molar-refractivity contribution is 5.90. The number of nitriles is 1. The number of ether oxygens (including phenoxy) is 1. The summed E-state index contributed by atoms with van der Waals surface area (Å²) >= 11 is 0. The van der Waals surface area contributed by atoms with Crippen molar-refractivity contribution in [3.63, 3.8) is 0 Å². The van der Waals surface area contributed by atoms with E-state index in [1.165, 1.54) is 11.0 Å². The third-order valence-corrected chi connectivity index (χ3v) is 4.84. The minimum atomic E-state index is -0.554. The first-order valence-electron chi connectivity index (χ1n) is 8.88. The minimum Gasteiger partial charge on any atom is -0.444 e. The van der Waals surface area contributed by atoms with E-state index in [2.05, 4.69) is 6.07 Å². The Hall–Kier alpha value is -2.86. The number of nitrogens with zero attached hydrogens (tertiary/aromatic N) is 4. The lowest BCUT2D eigenvalue weighted by Gasteiger charge is -2.35. The van der Waals surface area contributed by atoms with Gasteiger partial charge in [0, 0.05) is 32.6 Å². The van der Waals surface area contributed by atoms with E-state index in [1.54, 1.807) is 12.1 Å². The monoisotopic (exact) mass is 375 g/mol. The summed E-state index contributed by atoms with van der Waals surface area (Å²) in [4.78, 5) is 28.2. The number of nitrogens with two attached hydrogens (primary N) is 1. The Labute approximate surface area is 156 Å². The Balaban J connectivity index is 1.64. The average molecular weight is 375 g/mol. The van der Waals surface area contributed by atoms with E-state index in [1.807, 2.05) is 9.80 Å². The molecule has 0 saturated carbocycles. The molecule has 2 saturated heterocycles. The van der Waals surface area contributed by atoms with Gasteiger partial charge in [-0.05, 0) is 24.6 Å². The highest BCUT2D eigenvalue weighted by Crippen LogP contribution is 2.29. The van der Waals surface area contributed by atoms with Gasteiger partial charge >= 0.3 is 6.09 Å². The van der Waals surface area contributed by atoms with Crippen LogP contribution in [0.1, 0.15) is 12.8 Å². The smallest absolute Gasteiger partial charge is 0.414 e. The predicted molar refractivity (Wildman–Crippen MR) is 96.7 cm³/mol. The molecule has 2 aliphatic heterocycles. The van der Waals surface area contributed by atoms with Crippen molar-refractivity contribution in [1.29, 1.82) is 5.26 Å². The number of piperazine rings is 1. The number of benzene rings is 1. The zero-order valence-electron chi connectivity index (χ0n) is 14.9. The third kappa shape index (κ3) is 4.46. The second kappa shape index (κ2) is 8.22. The van der Waals surface area contributed by atoms with Crippen LogP contribution in [0.25, 0.3) is 0 Å². The summed E-state index contributed by atoms with van der Waals surface area (Å²) in [5.74, 6) is -0.857. The summed E-state index contributed by atoms with van der Waals surface area (Å²) in [6.07, 6.45) is -0.496. The Morgan fingerprint density at radius 2 is 2.07 bits per heavy atom. The normalized spacial score (nSPS) is 20.4. The third-order valence-electron chi connectivity index (χ3n) is 4.84. The molecule has 1 aromatic carbocycles. The Morgan fingerprint density at radius 3 is 2.70 bits per heavy atom. The SMILES string of the molecule is N#CCN1CCN(c2ccc(N3CC(CCC(N)=O)OC3=O)cc2F)CC1. The zero-order chi connectivity index (χ0) is 19.4. The van der Waals surface area contributed by atoms with Crippen LogP contribution in [0.5, 0.6) is 0 Å². The predicted octanol–water partition coefficient (Wildman–Crippen LogP) is 1.06. The van der Waals surface area contributed by atoms with Crippen molar-refractivity contribution in [2.24, 2.45) is 5.73 Å². The Bertz CT molecular complexity index is 758. The molecule has 2 heterocycles. The van der Waals surface area contributed by atoms with Crippen LogP contribution >= 0.6 is 0 Å². The van der Waals surface area contributed by atoms with Crippen molar-refractivity contribution >= 4 is 23.4 Å². The number of hydrogen-bond donors (Lipinski definition) is 1. The van der Waals surface area contributed by atoms with E-state index in [4.69, 9.17) is 15.7 Å². The van der Waals surface area contributed by atoms with Gasteiger partial charge in [0.05, 0.1) is 30.5 Å². The molecule has 9 heteroatoms. The topological polar surface area (TPSA) is 103 Å². The van der Waals surface area contributed by atoms with Gasteiger partial charge in [0.15, 0.2) is 0 Å². The van der Waals surface area contributed by atoms with Gasteiger partial charge in [-0.25, -0.2) is 9.18 Å². The number of carbonyl (C=O) groups excluding carboxylic acids is 2. The first kappa shape index (κ1) is 18.9. The maximum atomic E-state index is 14.7. The van der Waals surface area contributed by atoms with E-state index in [-0.39, 0.29) is 13.0 Å². The highest BCUT2D eigenvalue weighted by atomic mass is 19.1. The molecule has 2 fully saturated rings. The number of amides is 2. The van der Waals surface area contributed by atoms with Gasteiger partial charge in [-0.3, -0.25) is 14.6 Å². The Morgan fingerprint density at radius 1 is 1.33 bits per heavy atom. The van der Waals surface area contributed by atoms with Crippen molar-refractivity contribution in [3.8, 4) is 6.07 Å². The summed E-state index contributed by atoms with van der Waals surface area (Å²) in [6.45, 7) is 3.32. The first-order valence-corrected chi connectivity index (χ1v) is 8.88. The molecule has 8 nitrogen and oxygen atoms in total. The number of cyclic esters (lactones) is 1. The summed E-state index contributed by atoms with van der Waals surface area (Å²) in [6, 6.07) is 6.81. The van der Waals surface area contributed by atoms with Crippen LogP contribution < -0.4 is 15.5 Å². The van der Waals surface area contributed by atoms with E-state index < -0.39 is 23.9 Å². The zero-order valence-corrected chi connectivity index (χ0v) is 14.9. The standard InChI is InChI=1S/C18H22FN5O3/c19-15-11-13(24-12-14(27-18(24)26)2-4-17(21)25)1-3-16(15)23-9-7-22(6-5-20)8-10-23/h1,3,11,14H,2,4,6-10,12H2,(H2,21,25). The van der Waals surface area contributed by atoms with E-state index in [0.717, 1.165) is 0 Å². The molecule has 0 radical (unpaired) electrons. The number of rotatable bonds is 6. The van der Waals surface area contributed by atoms with Gasteiger partial charge < -0.3 is 15.4 Å². The lowest BCUT2D eigenvalue weighted by molar-refractivity contribution is -0.118. The van der Waals surface area contributed by atoms with E-state index >= 15 is 0 Å². The minimum absolute atomic E-state index is 0.136. The first-order chi connectivity index (χ1) is 13.0. The maximum Gasteiger partial charge on any atom is 0.414 e. The molecule has 2 aliphatic rings. The lowest BCUT2D eigenvalue weighted by Crippen LogP contribution is -2.46. The van der Waals surface area contributed by atoms with Gasteiger partial charge in [0.2, 0.25) is 5.91 Å². The number of carbonyl (C=O) groups is 2. The fourth-order valence-electron chi connectivity index (χ4n) is 3.35. The largest absolute Gasteiger partial charge is 0.444 e. The van der Waals surface area contributed by atoms with Crippen LogP contribution in [-0.2, 0) is 9.53 Å². The lowest BCUT2D eigenvalue weighted by atomic mass is 10.1. The molecular weight excluding hydrogens is 353 g/mol. The average Bonchev–Trinajstić information content (AvgIpc) is 3.02. The van der Waals surface area contributed by atoms with Crippen LogP contribution in [0.2, 0.25) is 0 Å². The van der Waals surface area contributed by atoms with Crippen LogP contribution in [0.4, 0.5) is 20.6 Å². The molecule has 0 aromatic heterocycles. The van der Waals surface area contributed by atoms with Crippen LogP contribution in [-0.4, -0.2) is 62.3 Å². The van der Waals surface area contributed by atoms with Crippen LogP contribution in [0.3, 0.4) is 0 Å². The second-order valence-corrected chi connectivity index (χ2v) is 6.68. The molecule has 27 heavy (non-hydrogen) atoms. The van der Waals surface area contributed by atoms with Crippen molar-refractivity contribution in [2.45, 2.75) is 18.9 Å². The number of halogens is 1. The molecule has 2 amide bonds. The Kier molecular flexibility index (Phi) is 5.76. The van der Waals surface area contributed by atoms with Gasteiger partial charge in [-0.1, -0.05) is 0 Å². The summed E-state index contributed by atoms with van der Waals surface area (Å²) < 4.78 is 19.9. The fraction of sp³-hybridized carbons (Fsp3) is 0.500. The second-order valence-electron chi connectivity index (χ2n) is 6.68. The summed E-state index contributed by atoms with van der Waals surface area (Å²) in [7, 11) is 0. The van der Waals surface area contributed by atoms with Crippen LogP contribution in [0.15, 0.2) is 18.2 Å². The number of primary amides is 1. The molecule has 1 unspecified atom stereocenters. The van der Waals surface area contributed by atoms with Crippen molar-refractivity contribution in [2.75, 3.05) is 49.1 Å². The van der Waals surface area contributed by atoms with Crippen molar-refractivity contribution < 1.29 is 18.7 Å². The molecule has 2 N–H and O–H groups in total.